The number of hydrogen-bond acceptors (Lipinski definition) is 2. The average Bonchev–Trinajstić information content (AvgIpc) is 2.26. The maximum absolute atomic E-state index is 10.0. The smallest absolute Gasteiger partial charge is 0.211 e. The van der Waals surface area contributed by atoms with Crippen molar-refractivity contribution in [1.82, 2.24) is 0 Å². The Balaban J connectivity index is 2.66. The van der Waals surface area contributed by atoms with E-state index in [0.29, 0.717) is 12.5 Å². The number of hydrogen-bond donors (Lipinski definition) is 0. The predicted octanol–water partition coefficient (Wildman–Crippen LogP) is 3.32. The Morgan fingerprint density at radius 3 is 2.31 bits per heavy atom. The molecule has 1 aromatic rings. The van der Waals surface area contributed by atoms with Crippen LogP contribution >= 0.6 is 0 Å². The highest BCUT2D eigenvalue weighted by Gasteiger charge is 2.04. The Labute approximate surface area is 97.4 Å². The maximum Gasteiger partial charge on any atom is 0.234 e. The minimum absolute atomic E-state index is 0.287. The molecule has 0 spiro atoms. The topological polar surface area (TPSA) is 29.4 Å². The molecule has 0 heterocycles. The number of aliphatic imine (C=N–C) groups is 1. The minimum atomic E-state index is 0.287. The molecule has 0 fully saturated rings. The summed E-state index contributed by atoms with van der Waals surface area (Å²) in [4.78, 5) is 13.6. The van der Waals surface area contributed by atoms with Crippen molar-refractivity contribution in [2.45, 2.75) is 33.1 Å². The fourth-order valence-electron chi connectivity index (χ4n) is 1.73. The van der Waals surface area contributed by atoms with Crippen molar-refractivity contribution in [2.24, 2.45) is 10.9 Å². The van der Waals surface area contributed by atoms with E-state index in [1.807, 2.05) is 0 Å². The van der Waals surface area contributed by atoms with E-state index in [0.717, 1.165) is 6.42 Å². The molecular weight excluding hydrogens is 198 g/mol. The zero-order valence-electron chi connectivity index (χ0n) is 10.2. The van der Waals surface area contributed by atoms with E-state index in [4.69, 9.17) is 0 Å². The lowest BCUT2D eigenvalue weighted by molar-refractivity contribution is 0.561. The normalized spacial score (nSPS) is 12.2. The highest BCUT2D eigenvalue weighted by Crippen LogP contribution is 2.17. The van der Waals surface area contributed by atoms with Crippen LogP contribution in [0.15, 0.2) is 29.3 Å². The molecule has 0 radical (unpaired) electrons. The summed E-state index contributed by atoms with van der Waals surface area (Å²) in [5, 5.41) is 0. The van der Waals surface area contributed by atoms with Gasteiger partial charge in [0.05, 0.1) is 6.54 Å². The Kier molecular flexibility index (Phi) is 4.94. The number of benzene rings is 1. The Bertz CT molecular complexity index is 361. The van der Waals surface area contributed by atoms with Gasteiger partial charge in [0.1, 0.15) is 0 Å². The van der Waals surface area contributed by atoms with Crippen LogP contribution in [-0.4, -0.2) is 12.6 Å². The molecule has 0 saturated heterocycles. The molecule has 0 aliphatic carbocycles. The summed E-state index contributed by atoms with van der Waals surface area (Å²) in [7, 11) is 0. The van der Waals surface area contributed by atoms with Crippen molar-refractivity contribution in [1.29, 1.82) is 0 Å². The lowest BCUT2D eigenvalue weighted by Crippen LogP contribution is -1.99. The second-order valence-electron chi connectivity index (χ2n) is 4.67. The Hall–Kier alpha value is -1.40. The van der Waals surface area contributed by atoms with Gasteiger partial charge in [0.2, 0.25) is 6.08 Å². The molecule has 1 rings (SSSR count). The minimum Gasteiger partial charge on any atom is -0.211 e. The van der Waals surface area contributed by atoms with Crippen LogP contribution in [0.4, 0.5) is 0 Å². The highest BCUT2D eigenvalue weighted by atomic mass is 16.1. The van der Waals surface area contributed by atoms with E-state index >= 15 is 0 Å². The van der Waals surface area contributed by atoms with E-state index in [2.05, 4.69) is 50.0 Å². The third-order valence-electron chi connectivity index (χ3n) is 2.62. The lowest BCUT2D eigenvalue weighted by Gasteiger charge is -2.10. The van der Waals surface area contributed by atoms with Crippen LogP contribution in [0.2, 0.25) is 0 Å². The van der Waals surface area contributed by atoms with Crippen molar-refractivity contribution in [3.05, 3.63) is 35.4 Å². The maximum atomic E-state index is 10.0. The molecule has 0 aromatic heterocycles. The quantitative estimate of drug-likeness (QED) is 0.549. The van der Waals surface area contributed by atoms with Gasteiger partial charge in [-0.15, -0.1) is 0 Å². The zero-order chi connectivity index (χ0) is 12.0. The largest absolute Gasteiger partial charge is 0.234 e. The molecule has 2 nitrogen and oxygen atoms in total. The second kappa shape index (κ2) is 6.24. The molecule has 0 amide bonds. The van der Waals surface area contributed by atoms with Gasteiger partial charge in [0, 0.05) is 5.92 Å². The van der Waals surface area contributed by atoms with Crippen molar-refractivity contribution >= 4 is 6.08 Å². The molecular formula is C14H19NO. The van der Waals surface area contributed by atoms with Crippen molar-refractivity contribution in [2.75, 3.05) is 6.54 Å². The van der Waals surface area contributed by atoms with E-state index in [1.165, 1.54) is 11.1 Å². The molecule has 2 heteroatoms. The molecule has 0 aliphatic rings. The summed E-state index contributed by atoms with van der Waals surface area (Å²) in [6.45, 7) is 7.02. The first-order valence-electron chi connectivity index (χ1n) is 5.76. The van der Waals surface area contributed by atoms with E-state index in [1.54, 1.807) is 6.08 Å². The van der Waals surface area contributed by atoms with Crippen LogP contribution < -0.4 is 0 Å². The van der Waals surface area contributed by atoms with Crippen molar-refractivity contribution in [3.8, 4) is 0 Å². The molecule has 0 bridgehead atoms. The first kappa shape index (κ1) is 12.7. The monoisotopic (exact) mass is 217 g/mol. The average molecular weight is 217 g/mol. The summed E-state index contributed by atoms with van der Waals surface area (Å²) in [5.74, 6) is 0.970. The number of carbonyl (C=O) groups excluding carboxylic acids is 1. The number of isocyanates is 1. The first-order valence-corrected chi connectivity index (χ1v) is 5.76. The van der Waals surface area contributed by atoms with Crippen LogP contribution in [0.25, 0.3) is 0 Å². The van der Waals surface area contributed by atoms with Gasteiger partial charge in [-0.3, -0.25) is 0 Å². The molecule has 0 aliphatic heterocycles. The van der Waals surface area contributed by atoms with Crippen LogP contribution in [0.5, 0.6) is 0 Å². The lowest BCUT2D eigenvalue weighted by atomic mass is 9.97. The molecule has 0 saturated carbocycles. The molecule has 16 heavy (non-hydrogen) atoms. The van der Waals surface area contributed by atoms with E-state index in [-0.39, 0.29) is 5.92 Å². The van der Waals surface area contributed by atoms with Crippen molar-refractivity contribution in [3.63, 3.8) is 0 Å². The second-order valence-corrected chi connectivity index (χ2v) is 4.67. The predicted molar refractivity (Wildman–Crippen MR) is 66.4 cm³/mol. The van der Waals surface area contributed by atoms with Gasteiger partial charge in [-0.2, -0.15) is 0 Å². The van der Waals surface area contributed by atoms with Gasteiger partial charge >= 0.3 is 0 Å². The van der Waals surface area contributed by atoms with Gasteiger partial charge in [-0.1, -0.05) is 45.0 Å². The van der Waals surface area contributed by atoms with Crippen LogP contribution in [0, 0.1) is 5.92 Å². The van der Waals surface area contributed by atoms with Crippen LogP contribution in [-0.2, 0) is 11.2 Å². The Morgan fingerprint density at radius 2 is 1.81 bits per heavy atom. The molecule has 1 unspecified atom stereocenters. The fourth-order valence-corrected chi connectivity index (χ4v) is 1.73. The van der Waals surface area contributed by atoms with Gasteiger partial charge in [-0.25, -0.2) is 9.79 Å². The number of rotatable bonds is 5. The zero-order valence-corrected chi connectivity index (χ0v) is 10.2. The summed E-state index contributed by atoms with van der Waals surface area (Å²) >= 11 is 0. The molecule has 1 atom stereocenters. The summed E-state index contributed by atoms with van der Waals surface area (Å²) in [6, 6.07) is 8.58. The SMILES string of the molecule is CC(C)Cc1ccc(C(C)CN=C=O)cc1. The third-order valence-corrected chi connectivity index (χ3v) is 2.62. The summed E-state index contributed by atoms with van der Waals surface area (Å²) < 4.78 is 0. The molecule has 0 N–H and O–H groups in total. The van der Waals surface area contributed by atoms with Crippen LogP contribution in [0.1, 0.15) is 37.8 Å². The van der Waals surface area contributed by atoms with Gasteiger partial charge < -0.3 is 0 Å². The fraction of sp³-hybridized carbons (Fsp3) is 0.500. The van der Waals surface area contributed by atoms with E-state index < -0.39 is 0 Å². The summed E-state index contributed by atoms with van der Waals surface area (Å²) in [5.41, 5.74) is 2.59. The first-order chi connectivity index (χ1) is 7.63. The third kappa shape index (κ3) is 4.00. The van der Waals surface area contributed by atoms with Gasteiger partial charge in [-0.05, 0) is 23.5 Å². The highest BCUT2D eigenvalue weighted by molar-refractivity contribution is 5.33. The van der Waals surface area contributed by atoms with Gasteiger partial charge in [0.15, 0.2) is 0 Å². The standard InChI is InChI=1S/C14H19NO/c1-11(2)8-13-4-6-14(7-5-13)12(3)9-15-10-16/h4-7,11-12H,8-9H2,1-3H3. The van der Waals surface area contributed by atoms with E-state index in [9.17, 15) is 4.79 Å². The van der Waals surface area contributed by atoms with Crippen LogP contribution in [0.3, 0.4) is 0 Å². The molecule has 1 aromatic carbocycles. The van der Waals surface area contributed by atoms with Crippen molar-refractivity contribution < 1.29 is 4.79 Å². The summed E-state index contributed by atoms with van der Waals surface area (Å²) in [6.07, 6.45) is 2.69. The van der Waals surface area contributed by atoms with Gasteiger partial charge in [0.25, 0.3) is 0 Å². The Morgan fingerprint density at radius 1 is 1.19 bits per heavy atom. The molecule has 86 valence electrons. The number of nitrogens with zero attached hydrogens (tertiary/aromatic N) is 1.